The number of nitrogens with one attached hydrogen (secondary N) is 1. The lowest BCUT2D eigenvalue weighted by molar-refractivity contribution is -0.136. The molecule has 0 amide bonds. The van der Waals surface area contributed by atoms with E-state index in [1.807, 2.05) is 0 Å². The molecule has 1 fully saturated rings. The lowest BCUT2D eigenvalue weighted by atomic mass is 9.93. The molecular weight excluding hydrogens is 493 g/mol. The Morgan fingerprint density at radius 3 is 2.88 bits per heavy atom. The molecule has 12 heteroatoms. The van der Waals surface area contributed by atoms with Gasteiger partial charge in [0.2, 0.25) is 0 Å². The van der Waals surface area contributed by atoms with E-state index in [0.29, 0.717) is 22.7 Å². The van der Waals surface area contributed by atoms with Crippen LogP contribution in [0.2, 0.25) is 5.02 Å². The Kier molecular flexibility index (Phi) is 7.06. The lowest BCUT2D eigenvalue weighted by Gasteiger charge is -2.37. The average Bonchev–Trinajstić information content (AvgIpc) is 3.32. The molecule has 3 heterocycles. The molecule has 0 saturated carbocycles. The van der Waals surface area contributed by atoms with E-state index in [1.165, 1.54) is 35.5 Å². The lowest BCUT2D eigenvalue weighted by Crippen LogP contribution is -2.50. The number of aromatic nitrogens is 1. The molecule has 1 unspecified atom stereocenters. The van der Waals surface area contributed by atoms with Crippen molar-refractivity contribution in [1.29, 1.82) is 0 Å². The zero-order chi connectivity index (χ0) is 24.5. The fourth-order valence-electron chi connectivity index (χ4n) is 4.14. The van der Waals surface area contributed by atoms with Crippen molar-refractivity contribution in [2.75, 3.05) is 26.7 Å². The molecule has 1 aromatic carbocycles. The van der Waals surface area contributed by atoms with E-state index < -0.39 is 42.6 Å². The maximum Gasteiger partial charge on any atom is 0.338 e. The number of aliphatic imine (C=N–C) groups is 1. The van der Waals surface area contributed by atoms with Crippen LogP contribution in [0.4, 0.5) is 13.2 Å². The van der Waals surface area contributed by atoms with Gasteiger partial charge in [-0.1, -0.05) is 17.7 Å². The second-order valence-corrected chi connectivity index (χ2v) is 9.32. The summed E-state index contributed by atoms with van der Waals surface area (Å²) in [5.41, 5.74) is 0.652. The Balaban J connectivity index is 1.80. The number of methoxy groups -OCH3 is 1. The number of alkyl halides is 2. The Labute approximate surface area is 202 Å². The first-order valence-electron chi connectivity index (χ1n) is 10.3. The van der Waals surface area contributed by atoms with E-state index in [9.17, 15) is 22.8 Å². The summed E-state index contributed by atoms with van der Waals surface area (Å²) in [6.45, 7) is -0.586. The Hall–Kier alpha value is -2.76. The van der Waals surface area contributed by atoms with Crippen LogP contribution in [0.3, 0.4) is 0 Å². The third kappa shape index (κ3) is 5.16. The molecule has 0 spiro atoms. The normalized spacial score (nSPS) is 22.7. The number of hydrogen-bond donors (Lipinski definition) is 1. The number of ether oxygens (including phenoxy) is 1. The van der Waals surface area contributed by atoms with Crippen LogP contribution in [0.25, 0.3) is 0 Å². The molecule has 0 bridgehead atoms. The minimum absolute atomic E-state index is 0.0421. The van der Waals surface area contributed by atoms with E-state index in [1.54, 1.807) is 11.6 Å². The molecule has 180 valence electrons. The monoisotopic (exact) mass is 512 g/mol. The number of aldehydes is 1. The van der Waals surface area contributed by atoms with Crippen LogP contribution >= 0.6 is 22.9 Å². The molecule has 7 nitrogen and oxygen atoms in total. The summed E-state index contributed by atoms with van der Waals surface area (Å²) in [4.78, 5) is 34.4. The van der Waals surface area contributed by atoms with Crippen LogP contribution in [0, 0.1) is 11.7 Å². The number of carbonyl (C=O) groups excluding carboxylic acids is 2. The van der Waals surface area contributed by atoms with Crippen molar-refractivity contribution >= 4 is 41.0 Å². The number of hydrogen-bond acceptors (Lipinski definition) is 8. The molecule has 2 aromatic rings. The number of benzene rings is 1. The predicted molar refractivity (Wildman–Crippen MR) is 121 cm³/mol. The van der Waals surface area contributed by atoms with Crippen LogP contribution in [0.15, 0.2) is 46.0 Å². The van der Waals surface area contributed by atoms with Crippen molar-refractivity contribution in [3.63, 3.8) is 0 Å². The van der Waals surface area contributed by atoms with Gasteiger partial charge >= 0.3 is 5.97 Å². The van der Waals surface area contributed by atoms with Crippen molar-refractivity contribution in [3.8, 4) is 0 Å². The van der Waals surface area contributed by atoms with Crippen LogP contribution in [-0.2, 0) is 14.3 Å². The summed E-state index contributed by atoms with van der Waals surface area (Å²) >= 11 is 7.58. The number of halogens is 4. The summed E-state index contributed by atoms with van der Waals surface area (Å²) in [5, 5.41) is 5.32. The van der Waals surface area contributed by atoms with E-state index in [2.05, 4.69) is 15.3 Å². The van der Waals surface area contributed by atoms with E-state index in [0.717, 1.165) is 6.07 Å². The smallest absolute Gasteiger partial charge is 0.338 e. The number of nitrogens with zero attached hydrogens (tertiary/aromatic N) is 3. The number of esters is 1. The van der Waals surface area contributed by atoms with Gasteiger partial charge in [0.05, 0.1) is 19.2 Å². The maximum atomic E-state index is 14.3. The second kappa shape index (κ2) is 9.85. The molecule has 0 radical (unpaired) electrons. The Morgan fingerprint density at radius 2 is 2.24 bits per heavy atom. The van der Waals surface area contributed by atoms with Gasteiger partial charge in [-0.15, -0.1) is 11.3 Å². The first kappa shape index (κ1) is 24.4. The van der Waals surface area contributed by atoms with Crippen molar-refractivity contribution in [3.05, 3.63) is 62.5 Å². The van der Waals surface area contributed by atoms with Crippen molar-refractivity contribution < 1.29 is 27.5 Å². The molecule has 1 saturated heterocycles. The third-order valence-corrected chi connectivity index (χ3v) is 6.61. The van der Waals surface area contributed by atoms with E-state index in [4.69, 9.17) is 16.3 Å². The van der Waals surface area contributed by atoms with Gasteiger partial charge in [0, 0.05) is 53.3 Å². The second-order valence-electron chi connectivity index (χ2n) is 8.02. The third-order valence-electron chi connectivity index (χ3n) is 5.51. The topological polar surface area (TPSA) is 83.9 Å². The predicted octanol–water partition coefficient (Wildman–Crippen LogP) is 3.61. The molecule has 2 atom stereocenters. The van der Waals surface area contributed by atoms with Gasteiger partial charge in [-0.2, -0.15) is 0 Å². The molecule has 0 aliphatic carbocycles. The van der Waals surface area contributed by atoms with Crippen LogP contribution in [-0.4, -0.2) is 60.6 Å². The number of rotatable bonds is 6. The Bertz CT molecular complexity index is 1160. The van der Waals surface area contributed by atoms with Gasteiger partial charge in [-0.3, -0.25) is 9.89 Å². The molecule has 4 rings (SSSR count). The number of piperidine rings is 1. The fourth-order valence-corrected chi connectivity index (χ4v) is 5.00. The zero-order valence-corrected chi connectivity index (χ0v) is 19.5. The zero-order valence-electron chi connectivity index (χ0n) is 17.9. The molecule has 2 aliphatic heterocycles. The van der Waals surface area contributed by atoms with Crippen LogP contribution in [0.5, 0.6) is 0 Å². The van der Waals surface area contributed by atoms with E-state index in [-0.39, 0.29) is 29.4 Å². The molecule has 2 aliphatic rings. The van der Waals surface area contributed by atoms with Gasteiger partial charge < -0.3 is 14.8 Å². The minimum Gasteiger partial charge on any atom is -0.466 e. The molecule has 1 N–H and O–H groups in total. The minimum atomic E-state index is -3.06. The standard InChI is InChI=1S/C22H20ClF3N4O3S/c1-33-21(32)17-16(9-30-8-12(10-31)7-22(25,26)11-30)28-19(20-27-4-5-34-20)29-18(17)14-3-2-13(24)6-15(14)23/h2-6,10,12,18H,7-9,11H2,1H3,(H,28,29)/t12?,18-/m0/s1. The Morgan fingerprint density at radius 1 is 1.44 bits per heavy atom. The highest BCUT2D eigenvalue weighted by atomic mass is 35.5. The summed E-state index contributed by atoms with van der Waals surface area (Å²) in [6, 6.07) is 2.71. The van der Waals surface area contributed by atoms with Gasteiger partial charge in [0.25, 0.3) is 5.92 Å². The van der Waals surface area contributed by atoms with Gasteiger partial charge in [-0.05, 0) is 12.1 Å². The van der Waals surface area contributed by atoms with Crippen LogP contribution in [0.1, 0.15) is 23.0 Å². The maximum absolute atomic E-state index is 14.3. The number of thiazole rings is 1. The summed E-state index contributed by atoms with van der Waals surface area (Å²) in [7, 11) is 1.19. The first-order valence-corrected chi connectivity index (χ1v) is 11.5. The quantitative estimate of drug-likeness (QED) is 0.470. The highest BCUT2D eigenvalue weighted by Gasteiger charge is 2.42. The number of amidine groups is 1. The highest BCUT2D eigenvalue weighted by Crippen LogP contribution is 2.37. The van der Waals surface area contributed by atoms with Gasteiger partial charge in [-0.25, -0.2) is 22.9 Å². The number of likely N-dealkylation sites (tertiary alicyclic amines) is 1. The largest absolute Gasteiger partial charge is 0.466 e. The summed E-state index contributed by atoms with van der Waals surface area (Å²) in [6.07, 6.45) is 1.57. The fraction of sp³-hybridized carbons (Fsp3) is 0.364. The average molecular weight is 513 g/mol. The molecule has 34 heavy (non-hydrogen) atoms. The van der Waals surface area contributed by atoms with Gasteiger partial charge in [0.15, 0.2) is 10.8 Å². The van der Waals surface area contributed by atoms with Gasteiger partial charge in [0.1, 0.15) is 18.1 Å². The summed E-state index contributed by atoms with van der Waals surface area (Å²) < 4.78 is 47.3. The molecular formula is C22H20ClF3N4O3S. The highest BCUT2D eigenvalue weighted by molar-refractivity contribution is 7.11. The van der Waals surface area contributed by atoms with Crippen molar-refractivity contribution in [2.45, 2.75) is 18.4 Å². The van der Waals surface area contributed by atoms with Crippen molar-refractivity contribution in [1.82, 2.24) is 15.2 Å². The van der Waals surface area contributed by atoms with E-state index >= 15 is 0 Å². The van der Waals surface area contributed by atoms with Crippen molar-refractivity contribution in [2.24, 2.45) is 10.9 Å². The first-order chi connectivity index (χ1) is 16.2. The number of carbonyl (C=O) groups is 2. The summed E-state index contributed by atoms with van der Waals surface area (Å²) in [5.74, 6) is -4.91. The molecule has 1 aromatic heterocycles. The van der Waals surface area contributed by atoms with Crippen LogP contribution < -0.4 is 5.32 Å². The SMILES string of the molecule is COC(=O)C1=C(CN2CC(C=O)CC(F)(F)C2)NC(c2nccs2)=N[C@H]1c1ccc(F)cc1Cl.